The Labute approximate surface area is 122 Å². The van der Waals surface area contributed by atoms with E-state index >= 15 is 0 Å². The molecule has 0 atom stereocenters. The van der Waals surface area contributed by atoms with Crippen molar-refractivity contribution in [1.29, 1.82) is 0 Å². The molecule has 0 aromatic heterocycles. The largest absolute Gasteiger partial charge is 0.140 e. The maximum absolute atomic E-state index is 2.34. The van der Waals surface area contributed by atoms with Crippen molar-refractivity contribution in [3.05, 3.63) is 54.6 Å². The Hall–Kier alpha value is -2.54. The van der Waals surface area contributed by atoms with Gasteiger partial charge < -0.3 is 0 Å². The molecule has 0 amide bonds. The standard InChI is InChI=1S/C20H11B/c21-15-9-13-6-5-11-2-1-10-3-4-12-7-8-14(15)20-18(12)16(10)17(11)19(13)20/h1-9H,21H2. The van der Waals surface area contributed by atoms with Gasteiger partial charge in [-0.1, -0.05) is 60.1 Å². The topological polar surface area (TPSA) is 0 Å². The SMILES string of the molecule is Bc1cc2ccc3ccc4ccc5ccc1c1c5c4c3c21. The molecule has 0 bridgehead atoms. The van der Waals surface area contributed by atoms with Gasteiger partial charge in [0.05, 0.1) is 0 Å². The van der Waals surface area contributed by atoms with Crippen LogP contribution in [-0.4, -0.2) is 7.85 Å². The van der Waals surface area contributed by atoms with Crippen molar-refractivity contribution in [3.8, 4) is 0 Å². The van der Waals surface area contributed by atoms with Crippen LogP contribution in [-0.2, 0) is 0 Å². The summed E-state index contributed by atoms with van der Waals surface area (Å²) in [7, 11) is 2.23. The Kier molecular flexibility index (Phi) is 1.48. The van der Waals surface area contributed by atoms with Crippen molar-refractivity contribution in [3.63, 3.8) is 0 Å². The van der Waals surface area contributed by atoms with E-state index < -0.39 is 0 Å². The summed E-state index contributed by atoms with van der Waals surface area (Å²) in [5, 5.41) is 14.2. The Balaban J connectivity index is 2.25. The first-order valence-electron chi connectivity index (χ1n) is 7.47. The highest BCUT2D eigenvalue weighted by molar-refractivity contribution is 6.50. The third kappa shape index (κ3) is 0.975. The molecule has 0 fully saturated rings. The number of hydrogen-bond donors (Lipinski definition) is 0. The van der Waals surface area contributed by atoms with Crippen LogP contribution in [0.2, 0.25) is 0 Å². The van der Waals surface area contributed by atoms with E-state index in [0.717, 1.165) is 0 Å². The van der Waals surface area contributed by atoms with Gasteiger partial charge in [0.25, 0.3) is 0 Å². The van der Waals surface area contributed by atoms with Gasteiger partial charge in [0.1, 0.15) is 7.85 Å². The average Bonchev–Trinajstić information content (AvgIpc) is 2.88. The van der Waals surface area contributed by atoms with Crippen LogP contribution in [0.4, 0.5) is 0 Å². The van der Waals surface area contributed by atoms with Gasteiger partial charge in [0, 0.05) is 0 Å². The molecule has 0 unspecified atom stereocenters. The molecule has 0 saturated heterocycles. The van der Waals surface area contributed by atoms with E-state index in [1.54, 1.807) is 0 Å². The van der Waals surface area contributed by atoms with Gasteiger partial charge in [-0.2, -0.15) is 0 Å². The van der Waals surface area contributed by atoms with E-state index in [0.29, 0.717) is 0 Å². The predicted octanol–water partition coefficient (Wildman–Crippen LogP) is 4.02. The van der Waals surface area contributed by atoms with Crippen LogP contribution < -0.4 is 5.46 Å². The first kappa shape index (κ1) is 10.2. The molecule has 0 aliphatic heterocycles. The van der Waals surface area contributed by atoms with Crippen molar-refractivity contribution in [1.82, 2.24) is 0 Å². The van der Waals surface area contributed by atoms with E-state index in [9.17, 15) is 0 Å². The van der Waals surface area contributed by atoms with E-state index in [2.05, 4.69) is 62.4 Å². The van der Waals surface area contributed by atoms with Gasteiger partial charge in [-0.15, -0.1) is 0 Å². The molecule has 1 heteroatoms. The number of rotatable bonds is 0. The van der Waals surface area contributed by atoms with Crippen molar-refractivity contribution < 1.29 is 0 Å². The van der Waals surface area contributed by atoms with Gasteiger partial charge in [-0.05, 0) is 53.9 Å². The fraction of sp³-hybridized carbons (Fsp3) is 0. The molecule has 0 aliphatic rings. The number of hydrogen-bond acceptors (Lipinski definition) is 0. The molecule has 6 rings (SSSR count). The van der Waals surface area contributed by atoms with Crippen LogP contribution in [0.15, 0.2) is 54.6 Å². The number of benzene rings is 5. The quantitative estimate of drug-likeness (QED) is 0.286. The minimum Gasteiger partial charge on any atom is -0.0806 e. The van der Waals surface area contributed by atoms with Crippen LogP contribution in [0.5, 0.6) is 0 Å². The highest BCUT2D eigenvalue weighted by atomic mass is 14.2. The zero-order valence-corrected chi connectivity index (χ0v) is 11.7. The molecule has 0 spiro atoms. The zero-order chi connectivity index (χ0) is 13.7. The lowest BCUT2D eigenvalue weighted by Gasteiger charge is -2.07. The van der Waals surface area contributed by atoms with Crippen molar-refractivity contribution in [2.45, 2.75) is 0 Å². The molecule has 0 saturated carbocycles. The van der Waals surface area contributed by atoms with E-state index in [4.69, 9.17) is 0 Å². The maximum atomic E-state index is 2.34. The highest BCUT2D eigenvalue weighted by Crippen LogP contribution is 2.47. The summed E-state index contributed by atoms with van der Waals surface area (Å²) in [6.07, 6.45) is 0. The molecule has 6 aromatic carbocycles. The Morgan fingerprint density at radius 3 is 1.52 bits per heavy atom. The average molecular weight is 262 g/mol. The molecular formula is C20H11B. The van der Waals surface area contributed by atoms with Crippen LogP contribution in [0.3, 0.4) is 0 Å². The lowest BCUT2D eigenvalue weighted by atomic mass is 9.86. The lowest BCUT2D eigenvalue weighted by molar-refractivity contribution is 1.88. The molecule has 0 heterocycles. The van der Waals surface area contributed by atoms with Gasteiger partial charge in [-0.25, -0.2) is 0 Å². The molecule has 94 valence electrons. The third-order valence-corrected chi connectivity index (χ3v) is 5.23. The van der Waals surface area contributed by atoms with E-state index in [1.807, 2.05) is 0 Å². The Morgan fingerprint density at radius 2 is 0.905 bits per heavy atom. The van der Waals surface area contributed by atoms with Gasteiger partial charge in [0.15, 0.2) is 0 Å². The summed E-state index contributed by atoms with van der Waals surface area (Å²) in [5.74, 6) is 0. The fourth-order valence-corrected chi connectivity index (χ4v) is 4.35. The van der Waals surface area contributed by atoms with Gasteiger partial charge in [0.2, 0.25) is 0 Å². The highest BCUT2D eigenvalue weighted by Gasteiger charge is 2.19. The first-order valence-corrected chi connectivity index (χ1v) is 7.47. The monoisotopic (exact) mass is 262 g/mol. The Morgan fingerprint density at radius 1 is 0.476 bits per heavy atom. The maximum Gasteiger partial charge on any atom is 0.140 e. The minimum absolute atomic E-state index is 1.36. The molecular weight excluding hydrogens is 251 g/mol. The normalized spacial score (nSPS) is 13.0. The van der Waals surface area contributed by atoms with Crippen LogP contribution in [0.25, 0.3) is 53.9 Å². The summed E-state index contributed by atoms with van der Waals surface area (Å²) in [5.41, 5.74) is 1.38. The summed E-state index contributed by atoms with van der Waals surface area (Å²) in [6.45, 7) is 0. The predicted molar refractivity (Wildman–Crippen MR) is 95.7 cm³/mol. The second kappa shape index (κ2) is 3.04. The molecule has 0 N–H and O–H groups in total. The van der Waals surface area contributed by atoms with E-state index in [-0.39, 0.29) is 0 Å². The zero-order valence-electron chi connectivity index (χ0n) is 11.7. The summed E-state index contributed by atoms with van der Waals surface area (Å²) >= 11 is 0. The lowest BCUT2D eigenvalue weighted by Crippen LogP contribution is -2.03. The van der Waals surface area contributed by atoms with Crippen molar-refractivity contribution in [2.24, 2.45) is 0 Å². The second-order valence-corrected chi connectivity index (χ2v) is 6.27. The summed E-state index contributed by atoms with van der Waals surface area (Å²) < 4.78 is 0. The molecule has 6 aromatic rings. The molecule has 21 heavy (non-hydrogen) atoms. The van der Waals surface area contributed by atoms with Gasteiger partial charge in [-0.3, -0.25) is 0 Å². The molecule has 0 radical (unpaired) electrons. The second-order valence-electron chi connectivity index (χ2n) is 6.27. The van der Waals surface area contributed by atoms with Crippen molar-refractivity contribution in [2.75, 3.05) is 0 Å². The molecule has 0 aliphatic carbocycles. The minimum atomic E-state index is 1.36. The van der Waals surface area contributed by atoms with E-state index in [1.165, 1.54) is 59.3 Å². The van der Waals surface area contributed by atoms with Crippen LogP contribution >= 0.6 is 0 Å². The third-order valence-electron chi connectivity index (χ3n) is 5.23. The fourth-order valence-electron chi connectivity index (χ4n) is 4.35. The van der Waals surface area contributed by atoms with Gasteiger partial charge >= 0.3 is 0 Å². The first-order chi connectivity index (χ1) is 10.3. The van der Waals surface area contributed by atoms with Crippen molar-refractivity contribution >= 4 is 67.2 Å². The summed E-state index contributed by atoms with van der Waals surface area (Å²) in [4.78, 5) is 0. The summed E-state index contributed by atoms with van der Waals surface area (Å²) in [6, 6.07) is 20.5. The molecule has 0 nitrogen and oxygen atoms in total. The Bertz CT molecular complexity index is 1240. The smallest absolute Gasteiger partial charge is 0.0806 e. The van der Waals surface area contributed by atoms with Crippen LogP contribution in [0, 0.1) is 0 Å². The van der Waals surface area contributed by atoms with Crippen LogP contribution in [0.1, 0.15) is 0 Å².